The standard InChI is InChI=1S/C19H24Cl2N2O2.C6H18NSi2.Mg/c1-22(12-14-6-4-5-7-18(14)25-3)8-9-23(2)13-15-10-16(20)11-17(21)19(15)24;1-8(2,3)7-9(4,5)6;/h4-7,10-11,24H,8-9,12-13H2,1-3H3;1-6H3;/q;-1;+2/p+1. The van der Waals surface area contributed by atoms with E-state index in [1.54, 1.807) is 13.2 Å². The zero-order chi connectivity index (χ0) is 26.1. The third-order valence-electron chi connectivity index (χ3n) is 4.91. The van der Waals surface area contributed by atoms with Crippen LogP contribution in [0.4, 0.5) is 0 Å². The maximum absolute atomic E-state index is 12.1. The molecule has 192 valence electrons. The van der Waals surface area contributed by atoms with Crippen LogP contribution >= 0.6 is 23.2 Å². The van der Waals surface area contributed by atoms with E-state index in [4.69, 9.17) is 32.6 Å². The fourth-order valence-corrected chi connectivity index (χ4v) is 12.4. The minimum absolute atomic E-state index is 0. The SMILES string of the molecule is COc1ccccc1C[NH+](C)CC[NH+](C)Cc1cc(Cl)cc(Cl)c1[O-].C[Si](C)(C)[N-][Si](C)(C)C.[Mg+2]. The summed E-state index contributed by atoms with van der Waals surface area (Å²) < 4.78 is 10.2. The normalized spacial score (nSPS) is 13.2. The number of rotatable bonds is 10. The van der Waals surface area contributed by atoms with Crippen LogP contribution in [0.1, 0.15) is 11.1 Å². The van der Waals surface area contributed by atoms with Gasteiger partial charge in [-0.2, -0.15) is 0 Å². The van der Waals surface area contributed by atoms with E-state index in [0.717, 1.165) is 25.4 Å². The number of benzene rings is 2. The summed E-state index contributed by atoms with van der Waals surface area (Å²) in [6, 6.07) is 11.3. The van der Waals surface area contributed by atoms with E-state index >= 15 is 0 Å². The van der Waals surface area contributed by atoms with Crippen molar-refractivity contribution in [3.05, 3.63) is 62.2 Å². The van der Waals surface area contributed by atoms with Gasteiger partial charge in [-0.25, -0.2) is 0 Å². The van der Waals surface area contributed by atoms with Crippen LogP contribution in [0.3, 0.4) is 0 Å². The minimum Gasteiger partial charge on any atom is -0.871 e. The molecule has 0 aliphatic rings. The number of hydrogen-bond acceptors (Lipinski definition) is 2. The summed E-state index contributed by atoms with van der Waals surface area (Å²) in [7, 11) is 3.72. The zero-order valence-corrected chi connectivity index (χ0v) is 27.9. The molecular weight excluding hydrogens is 526 g/mol. The average molecular weight is 569 g/mol. The van der Waals surface area contributed by atoms with Gasteiger partial charge in [0.15, 0.2) is 0 Å². The molecule has 2 aromatic rings. The second kappa shape index (κ2) is 15.8. The number of hydrogen-bond donors (Lipinski definition) is 2. The number of nitrogens with one attached hydrogen (secondary N) is 2. The van der Waals surface area contributed by atoms with E-state index in [9.17, 15) is 5.11 Å². The fourth-order valence-electron chi connectivity index (χ4n) is 3.85. The van der Waals surface area contributed by atoms with E-state index in [0.29, 0.717) is 17.1 Å². The van der Waals surface area contributed by atoms with Crippen molar-refractivity contribution in [1.29, 1.82) is 0 Å². The molecule has 0 aromatic heterocycles. The molecule has 0 saturated carbocycles. The van der Waals surface area contributed by atoms with Crippen LogP contribution in [0.5, 0.6) is 11.5 Å². The first-order chi connectivity index (χ1) is 15.6. The van der Waals surface area contributed by atoms with Crippen LogP contribution in [0.25, 0.3) is 4.65 Å². The molecular formula is C25H43Cl2MgN3O2Si2+2. The molecule has 2 atom stereocenters. The molecule has 0 spiro atoms. The average Bonchev–Trinajstić information content (AvgIpc) is 2.68. The van der Waals surface area contributed by atoms with Crippen LogP contribution < -0.4 is 19.6 Å². The molecule has 0 fully saturated rings. The van der Waals surface area contributed by atoms with Gasteiger partial charge in [0, 0.05) is 21.2 Å². The summed E-state index contributed by atoms with van der Waals surface area (Å²) in [5.41, 5.74) is 1.86. The van der Waals surface area contributed by atoms with Crippen molar-refractivity contribution >= 4 is 62.7 Å². The fraction of sp³-hybridized carbons (Fsp3) is 0.520. The Labute approximate surface area is 241 Å². The van der Waals surface area contributed by atoms with Crippen LogP contribution in [-0.2, 0) is 13.1 Å². The van der Waals surface area contributed by atoms with E-state index in [-0.39, 0.29) is 33.8 Å². The topological polar surface area (TPSA) is 55.3 Å². The second-order valence-corrected chi connectivity index (χ2v) is 21.3. The monoisotopic (exact) mass is 567 g/mol. The van der Waals surface area contributed by atoms with E-state index in [1.807, 2.05) is 18.2 Å². The molecule has 0 heterocycles. The van der Waals surface area contributed by atoms with Gasteiger partial charge in [-0.3, -0.25) is 0 Å². The van der Waals surface area contributed by atoms with Crippen molar-refractivity contribution in [1.82, 2.24) is 0 Å². The summed E-state index contributed by atoms with van der Waals surface area (Å²) in [5.74, 6) is 0.798. The van der Waals surface area contributed by atoms with Crippen LogP contribution in [0.2, 0.25) is 49.3 Å². The Kier molecular flexibility index (Phi) is 15.7. The Morgan fingerprint density at radius 1 is 0.857 bits per heavy atom. The molecule has 0 radical (unpaired) electrons. The zero-order valence-electron chi connectivity index (χ0n) is 23.0. The molecule has 35 heavy (non-hydrogen) atoms. The number of ether oxygens (including phenoxy) is 1. The summed E-state index contributed by atoms with van der Waals surface area (Å²) >= 11 is 11.9. The predicted octanol–water partition coefficient (Wildman–Crippen LogP) is 3.45. The third-order valence-corrected chi connectivity index (χ3v) is 10.8. The first-order valence-electron chi connectivity index (χ1n) is 11.7. The smallest absolute Gasteiger partial charge is 0.871 e. The number of nitrogens with zero attached hydrogens (tertiary/aromatic N) is 1. The first kappa shape index (κ1) is 34.7. The summed E-state index contributed by atoms with van der Waals surface area (Å²) in [5, 5.41) is 12.8. The number of para-hydroxylation sites is 1. The van der Waals surface area contributed by atoms with Gasteiger partial charge in [-0.05, 0) is 24.3 Å². The first-order valence-corrected chi connectivity index (χ1v) is 19.4. The van der Waals surface area contributed by atoms with Gasteiger partial charge in [0.2, 0.25) is 0 Å². The van der Waals surface area contributed by atoms with Crippen molar-refractivity contribution in [2.75, 3.05) is 34.3 Å². The van der Waals surface area contributed by atoms with E-state index in [1.165, 1.54) is 21.4 Å². The predicted molar refractivity (Wildman–Crippen MR) is 156 cm³/mol. The maximum atomic E-state index is 12.1. The Bertz CT molecular complexity index is 897. The molecule has 10 heteroatoms. The van der Waals surface area contributed by atoms with Crippen molar-refractivity contribution < 1.29 is 19.6 Å². The molecule has 0 saturated heterocycles. The van der Waals surface area contributed by atoms with Crippen molar-refractivity contribution in [2.45, 2.75) is 52.4 Å². The van der Waals surface area contributed by atoms with E-state index in [2.05, 4.69) is 59.4 Å². The van der Waals surface area contributed by atoms with Gasteiger partial charge in [0.25, 0.3) is 0 Å². The minimum atomic E-state index is -1.11. The van der Waals surface area contributed by atoms with Crippen molar-refractivity contribution in [3.63, 3.8) is 0 Å². The Morgan fingerprint density at radius 3 is 1.80 bits per heavy atom. The second-order valence-electron chi connectivity index (χ2n) is 10.9. The quantitative estimate of drug-likeness (QED) is 0.432. The molecule has 0 aliphatic heterocycles. The summed E-state index contributed by atoms with van der Waals surface area (Å²) in [6.07, 6.45) is 0. The molecule has 5 nitrogen and oxygen atoms in total. The maximum Gasteiger partial charge on any atom is 2.00 e. The number of halogens is 2. The van der Waals surface area contributed by atoms with Crippen LogP contribution in [-0.4, -0.2) is 73.8 Å². The molecule has 2 unspecified atom stereocenters. The van der Waals surface area contributed by atoms with Gasteiger partial charge in [-0.1, -0.05) is 96.8 Å². The molecule has 2 rings (SSSR count). The Balaban J connectivity index is 0.000000989. The number of methoxy groups -OCH3 is 1. The van der Waals surface area contributed by atoms with Crippen molar-refractivity contribution in [2.24, 2.45) is 0 Å². The Hall–Kier alpha value is -0.300. The number of likely N-dealkylation sites (N-methyl/N-ethyl adjacent to an activating group) is 2. The van der Waals surface area contributed by atoms with Gasteiger partial charge >= 0.3 is 23.1 Å². The van der Waals surface area contributed by atoms with Gasteiger partial charge in [0.1, 0.15) is 31.9 Å². The molecule has 0 aliphatic carbocycles. The van der Waals surface area contributed by atoms with E-state index < -0.39 is 16.5 Å². The molecule has 2 N–H and O–H groups in total. The number of quaternary nitrogens is 2. The summed E-state index contributed by atoms with van der Waals surface area (Å²) in [6.45, 7) is 17.2. The van der Waals surface area contributed by atoms with Crippen LogP contribution in [0, 0.1) is 0 Å². The molecule has 2 aromatic carbocycles. The van der Waals surface area contributed by atoms with Gasteiger partial charge in [0.05, 0.1) is 21.2 Å². The largest absolute Gasteiger partial charge is 2.00 e. The molecule has 0 bridgehead atoms. The Morgan fingerprint density at radius 2 is 1.34 bits per heavy atom. The summed E-state index contributed by atoms with van der Waals surface area (Å²) in [4.78, 5) is 2.63. The molecule has 0 amide bonds. The van der Waals surface area contributed by atoms with Crippen LogP contribution in [0.15, 0.2) is 36.4 Å². The third kappa shape index (κ3) is 14.9. The van der Waals surface area contributed by atoms with Gasteiger partial charge in [-0.15, -0.1) is 0 Å². The van der Waals surface area contributed by atoms with Gasteiger partial charge < -0.3 is 24.3 Å². The van der Waals surface area contributed by atoms with Crippen molar-refractivity contribution in [3.8, 4) is 11.5 Å².